The van der Waals surface area contributed by atoms with Gasteiger partial charge in [0.2, 0.25) is 0 Å². The minimum atomic E-state index is -0.688. The third-order valence-electron chi connectivity index (χ3n) is 5.78. The van der Waals surface area contributed by atoms with Gasteiger partial charge in [-0.1, -0.05) is 23.7 Å². The maximum atomic E-state index is 13.1. The van der Waals surface area contributed by atoms with Crippen molar-refractivity contribution in [1.82, 2.24) is 0 Å². The zero-order valence-electron chi connectivity index (χ0n) is 20.0. The van der Waals surface area contributed by atoms with Crippen molar-refractivity contribution in [2.45, 2.75) is 13.8 Å². The molecule has 2 N–H and O–H groups in total. The minimum absolute atomic E-state index is 0.114. The highest BCUT2D eigenvalue weighted by Gasteiger charge is 2.39. The van der Waals surface area contributed by atoms with Crippen molar-refractivity contribution in [3.63, 3.8) is 0 Å². The molecular formula is C26H21ClN4O6. The molecule has 0 fully saturated rings. The van der Waals surface area contributed by atoms with Crippen LogP contribution in [0.25, 0.3) is 0 Å². The standard InChI is InChI=1S/C26H21ClN4O6/c1-14-4-6-16(24(32)28-17-7-5-15(2)21(13-17)31(35)36)12-20(14)29-23-22(27)25(33)30(26(23)34)18-8-10-19(37-3)11-9-18/h4-13,29H,1-3H3,(H,28,32). The van der Waals surface area contributed by atoms with Gasteiger partial charge in [-0.2, -0.15) is 0 Å². The van der Waals surface area contributed by atoms with Crippen LogP contribution in [0.1, 0.15) is 21.5 Å². The number of amides is 3. The highest BCUT2D eigenvalue weighted by Crippen LogP contribution is 2.32. The Bertz CT molecular complexity index is 1480. The van der Waals surface area contributed by atoms with E-state index in [1.54, 1.807) is 62.4 Å². The molecule has 3 amide bonds. The minimum Gasteiger partial charge on any atom is -0.497 e. The number of ether oxygens (including phenoxy) is 1. The van der Waals surface area contributed by atoms with Crippen molar-refractivity contribution >= 4 is 52.1 Å². The summed E-state index contributed by atoms with van der Waals surface area (Å²) >= 11 is 6.24. The molecule has 188 valence electrons. The highest BCUT2D eigenvalue weighted by molar-refractivity contribution is 6.53. The summed E-state index contributed by atoms with van der Waals surface area (Å²) in [5, 5.41) is 16.4. The maximum absolute atomic E-state index is 13.1. The number of nitrogens with zero attached hydrogens (tertiary/aromatic N) is 2. The molecule has 0 radical (unpaired) electrons. The molecule has 1 aliphatic heterocycles. The van der Waals surface area contributed by atoms with Gasteiger partial charge in [0.1, 0.15) is 16.5 Å². The zero-order valence-corrected chi connectivity index (χ0v) is 20.8. The summed E-state index contributed by atoms with van der Waals surface area (Å²) in [6.45, 7) is 3.36. The van der Waals surface area contributed by atoms with Gasteiger partial charge in [-0.3, -0.25) is 24.5 Å². The second-order valence-electron chi connectivity index (χ2n) is 8.20. The van der Waals surface area contributed by atoms with Gasteiger partial charge in [-0.15, -0.1) is 0 Å². The van der Waals surface area contributed by atoms with Gasteiger partial charge in [0.05, 0.1) is 17.7 Å². The lowest BCUT2D eigenvalue weighted by molar-refractivity contribution is -0.385. The average Bonchev–Trinajstić information content (AvgIpc) is 3.09. The normalized spacial score (nSPS) is 13.1. The fourth-order valence-electron chi connectivity index (χ4n) is 3.70. The largest absolute Gasteiger partial charge is 0.497 e. The van der Waals surface area contributed by atoms with E-state index in [1.165, 1.54) is 19.2 Å². The Hall–Kier alpha value is -4.70. The Kier molecular flexibility index (Phi) is 6.94. The van der Waals surface area contributed by atoms with Gasteiger partial charge in [0, 0.05) is 28.6 Å². The van der Waals surface area contributed by atoms with Crippen LogP contribution in [-0.2, 0) is 9.59 Å². The smallest absolute Gasteiger partial charge is 0.283 e. The van der Waals surface area contributed by atoms with Crippen LogP contribution in [0.3, 0.4) is 0 Å². The monoisotopic (exact) mass is 520 g/mol. The SMILES string of the molecule is COc1ccc(N2C(=O)C(Cl)=C(Nc3cc(C(=O)Nc4ccc(C)c([N+](=O)[O-])c4)ccc3C)C2=O)cc1. The van der Waals surface area contributed by atoms with Crippen molar-refractivity contribution in [1.29, 1.82) is 0 Å². The Morgan fingerprint density at radius 3 is 2.30 bits per heavy atom. The summed E-state index contributed by atoms with van der Waals surface area (Å²) in [5.74, 6) is -1.30. The molecule has 3 aromatic carbocycles. The zero-order chi connectivity index (χ0) is 26.9. The second-order valence-corrected chi connectivity index (χ2v) is 8.58. The summed E-state index contributed by atoms with van der Waals surface area (Å²) in [6, 6.07) is 15.5. The molecule has 4 rings (SSSR count). The average molecular weight is 521 g/mol. The predicted octanol–water partition coefficient (Wildman–Crippen LogP) is 4.91. The van der Waals surface area contributed by atoms with E-state index in [-0.39, 0.29) is 27.7 Å². The number of benzene rings is 3. The molecule has 0 aliphatic carbocycles. The lowest BCUT2D eigenvalue weighted by atomic mass is 10.1. The van der Waals surface area contributed by atoms with Crippen LogP contribution < -0.4 is 20.3 Å². The molecule has 0 aromatic heterocycles. The summed E-state index contributed by atoms with van der Waals surface area (Å²) in [4.78, 5) is 50.4. The quantitative estimate of drug-likeness (QED) is 0.257. The lowest BCUT2D eigenvalue weighted by Crippen LogP contribution is -2.32. The Morgan fingerprint density at radius 1 is 0.973 bits per heavy atom. The van der Waals surface area contributed by atoms with E-state index in [1.807, 2.05) is 0 Å². The van der Waals surface area contributed by atoms with Crippen molar-refractivity contribution < 1.29 is 24.0 Å². The van der Waals surface area contributed by atoms with E-state index < -0.39 is 22.6 Å². The molecule has 0 bridgehead atoms. The molecule has 1 heterocycles. The molecule has 0 spiro atoms. The van der Waals surface area contributed by atoms with Gasteiger partial charge < -0.3 is 15.4 Å². The van der Waals surface area contributed by atoms with E-state index in [4.69, 9.17) is 16.3 Å². The number of nitro groups is 1. The number of methoxy groups -OCH3 is 1. The van der Waals surface area contributed by atoms with Crippen LogP contribution in [0.15, 0.2) is 71.4 Å². The molecule has 3 aromatic rings. The molecule has 10 nitrogen and oxygen atoms in total. The summed E-state index contributed by atoms with van der Waals surface area (Å²) in [6.07, 6.45) is 0. The number of nitro benzene ring substituents is 1. The summed E-state index contributed by atoms with van der Waals surface area (Å²) < 4.78 is 5.11. The molecule has 37 heavy (non-hydrogen) atoms. The van der Waals surface area contributed by atoms with Gasteiger partial charge in [0.15, 0.2) is 0 Å². The van der Waals surface area contributed by atoms with Gasteiger partial charge in [0.25, 0.3) is 23.4 Å². The first-order valence-electron chi connectivity index (χ1n) is 11.0. The Balaban J connectivity index is 1.57. The molecule has 11 heteroatoms. The maximum Gasteiger partial charge on any atom is 0.283 e. The van der Waals surface area contributed by atoms with Crippen LogP contribution in [0.2, 0.25) is 0 Å². The van der Waals surface area contributed by atoms with Crippen molar-refractivity contribution in [2.24, 2.45) is 0 Å². The Labute approximate surface area is 216 Å². The number of halogens is 1. The number of carbonyl (C=O) groups excluding carboxylic acids is 3. The van der Waals surface area contributed by atoms with E-state index in [0.29, 0.717) is 28.3 Å². The number of carbonyl (C=O) groups is 3. The fraction of sp³-hybridized carbons (Fsp3) is 0.115. The molecule has 1 aliphatic rings. The van der Waals surface area contributed by atoms with Crippen molar-refractivity contribution in [3.8, 4) is 5.75 Å². The number of anilines is 3. The topological polar surface area (TPSA) is 131 Å². The molecule has 0 atom stereocenters. The van der Waals surface area contributed by atoms with Gasteiger partial charge in [-0.05, 0) is 61.9 Å². The second kappa shape index (κ2) is 10.1. The number of imide groups is 1. The molecule has 0 saturated heterocycles. The van der Waals surface area contributed by atoms with Crippen LogP contribution in [0.5, 0.6) is 5.75 Å². The third kappa shape index (κ3) is 5.00. The Morgan fingerprint density at radius 2 is 1.65 bits per heavy atom. The predicted molar refractivity (Wildman–Crippen MR) is 139 cm³/mol. The third-order valence-corrected chi connectivity index (χ3v) is 6.13. The fourth-order valence-corrected chi connectivity index (χ4v) is 3.91. The number of hydrogen-bond acceptors (Lipinski definition) is 7. The molecule has 0 unspecified atom stereocenters. The van der Waals surface area contributed by atoms with Crippen molar-refractivity contribution in [3.05, 3.63) is 98.2 Å². The molecular weight excluding hydrogens is 500 g/mol. The van der Waals surface area contributed by atoms with E-state index in [0.717, 1.165) is 4.90 Å². The van der Waals surface area contributed by atoms with Crippen LogP contribution >= 0.6 is 11.6 Å². The first-order chi connectivity index (χ1) is 17.6. The van der Waals surface area contributed by atoms with Gasteiger partial charge >= 0.3 is 0 Å². The van der Waals surface area contributed by atoms with E-state index in [2.05, 4.69) is 10.6 Å². The number of aryl methyl sites for hydroxylation is 2. The highest BCUT2D eigenvalue weighted by atomic mass is 35.5. The van der Waals surface area contributed by atoms with Gasteiger partial charge in [-0.25, -0.2) is 4.90 Å². The van der Waals surface area contributed by atoms with Crippen LogP contribution in [0, 0.1) is 24.0 Å². The van der Waals surface area contributed by atoms with E-state index >= 15 is 0 Å². The van der Waals surface area contributed by atoms with E-state index in [9.17, 15) is 24.5 Å². The summed E-state index contributed by atoms with van der Waals surface area (Å²) in [7, 11) is 1.50. The lowest BCUT2D eigenvalue weighted by Gasteiger charge is -2.16. The van der Waals surface area contributed by atoms with Crippen LogP contribution in [-0.4, -0.2) is 29.8 Å². The number of rotatable bonds is 7. The number of hydrogen-bond donors (Lipinski definition) is 2. The molecule has 0 saturated carbocycles. The first-order valence-corrected chi connectivity index (χ1v) is 11.3. The first kappa shape index (κ1) is 25.4. The number of nitrogens with one attached hydrogen (secondary N) is 2. The summed E-state index contributed by atoms with van der Waals surface area (Å²) in [5.41, 5.74) is 2.09. The van der Waals surface area contributed by atoms with Crippen LogP contribution in [0.4, 0.5) is 22.7 Å². The van der Waals surface area contributed by atoms with Crippen molar-refractivity contribution in [2.75, 3.05) is 22.6 Å².